The quantitative estimate of drug-likeness (QED) is 0.548. The normalized spacial score (nSPS) is 10.6. The van der Waals surface area contributed by atoms with Gasteiger partial charge in [0.2, 0.25) is 0 Å². The van der Waals surface area contributed by atoms with Gasteiger partial charge < -0.3 is 9.73 Å². The van der Waals surface area contributed by atoms with Gasteiger partial charge in [0.1, 0.15) is 5.76 Å². The van der Waals surface area contributed by atoms with E-state index in [2.05, 4.69) is 5.32 Å². The highest BCUT2D eigenvalue weighted by Crippen LogP contribution is 2.32. The second-order valence-electron chi connectivity index (χ2n) is 4.94. The molecule has 0 aliphatic heterocycles. The number of halogens is 2. The van der Waals surface area contributed by atoms with Crippen molar-refractivity contribution >= 4 is 46.6 Å². The predicted molar refractivity (Wildman–Crippen MR) is 100 cm³/mol. The second-order valence-corrected chi connectivity index (χ2v) is 6.63. The third kappa shape index (κ3) is 3.61. The van der Waals surface area contributed by atoms with Gasteiger partial charge in [0.25, 0.3) is 5.91 Å². The molecule has 0 unspecified atom stereocenters. The van der Waals surface area contributed by atoms with Crippen molar-refractivity contribution in [2.24, 2.45) is 0 Å². The summed E-state index contributed by atoms with van der Waals surface area (Å²) in [4.78, 5) is 13.4. The topological polar surface area (TPSA) is 42.2 Å². The molecular weight excluding hydrogens is 365 g/mol. The van der Waals surface area contributed by atoms with Gasteiger partial charge >= 0.3 is 0 Å². The maximum absolute atomic E-state index is 12.4. The molecule has 1 heterocycles. The molecule has 2 aromatic carbocycles. The molecule has 1 amide bonds. The number of carbonyl (C=O) groups is 1. The zero-order valence-corrected chi connectivity index (χ0v) is 15.0. The molecule has 3 nitrogen and oxygen atoms in total. The van der Waals surface area contributed by atoms with Gasteiger partial charge in [-0.3, -0.25) is 4.79 Å². The van der Waals surface area contributed by atoms with Crippen LogP contribution in [0, 0.1) is 0 Å². The first kappa shape index (κ1) is 17.0. The Morgan fingerprint density at radius 2 is 1.88 bits per heavy atom. The molecule has 0 aliphatic carbocycles. The Kier molecular flexibility index (Phi) is 5.19. The minimum atomic E-state index is -0.312. The molecule has 3 aromatic rings. The fourth-order valence-electron chi connectivity index (χ4n) is 2.23. The lowest BCUT2D eigenvalue weighted by Crippen LogP contribution is -2.11. The second kappa shape index (κ2) is 7.34. The van der Waals surface area contributed by atoms with E-state index in [-0.39, 0.29) is 11.7 Å². The van der Waals surface area contributed by atoms with Gasteiger partial charge in [-0.25, -0.2) is 0 Å². The lowest BCUT2D eigenvalue weighted by atomic mass is 10.2. The Hall–Kier alpha value is -1.88. The predicted octanol–water partition coefficient (Wildman–Crippen LogP) is 6.23. The number of para-hydroxylation sites is 1. The lowest BCUT2D eigenvalue weighted by Gasteiger charge is -2.07. The van der Waals surface area contributed by atoms with Crippen molar-refractivity contribution in [1.82, 2.24) is 0 Å². The number of rotatable bonds is 4. The summed E-state index contributed by atoms with van der Waals surface area (Å²) < 4.78 is 5.65. The van der Waals surface area contributed by atoms with E-state index in [9.17, 15) is 4.79 Å². The molecule has 0 atom stereocenters. The number of benzene rings is 2. The van der Waals surface area contributed by atoms with Gasteiger partial charge in [-0.2, -0.15) is 0 Å². The Bertz CT molecular complexity index is 892. The van der Waals surface area contributed by atoms with Crippen LogP contribution in [0.5, 0.6) is 0 Å². The minimum Gasteiger partial charge on any atom is -0.451 e. The van der Waals surface area contributed by atoms with Crippen LogP contribution in [0.4, 0.5) is 5.69 Å². The third-order valence-corrected chi connectivity index (χ3v) is 4.73. The summed E-state index contributed by atoms with van der Waals surface area (Å²) in [7, 11) is 0. The van der Waals surface area contributed by atoms with Crippen LogP contribution in [0.25, 0.3) is 11.3 Å². The maximum atomic E-state index is 12.4. The molecule has 3 rings (SSSR count). The number of furan rings is 1. The molecule has 0 saturated heterocycles. The zero-order valence-electron chi connectivity index (χ0n) is 12.7. The summed E-state index contributed by atoms with van der Waals surface area (Å²) in [6.45, 7) is 0. The Morgan fingerprint density at radius 3 is 2.62 bits per heavy atom. The highest BCUT2D eigenvalue weighted by Gasteiger charge is 2.15. The monoisotopic (exact) mass is 377 g/mol. The Balaban J connectivity index is 1.83. The summed E-state index contributed by atoms with van der Waals surface area (Å²) in [6.07, 6.45) is 1.96. The number of hydrogen-bond acceptors (Lipinski definition) is 3. The average Bonchev–Trinajstić information content (AvgIpc) is 3.05. The van der Waals surface area contributed by atoms with Gasteiger partial charge in [0.15, 0.2) is 5.76 Å². The van der Waals surface area contributed by atoms with Crippen molar-refractivity contribution in [2.45, 2.75) is 4.90 Å². The fourth-order valence-corrected chi connectivity index (χ4v) is 3.28. The van der Waals surface area contributed by atoms with Gasteiger partial charge in [0.05, 0.1) is 10.7 Å². The van der Waals surface area contributed by atoms with Crippen molar-refractivity contribution in [3.05, 3.63) is 70.4 Å². The molecule has 0 aliphatic rings. The smallest absolute Gasteiger partial charge is 0.291 e. The molecule has 0 spiro atoms. The first-order chi connectivity index (χ1) is 11.6. The SMILES string of the molecule is CSc1ccccc1NC(=O)c1ccc(-c2ccc(Cl)cc2Cl)o1. The van der Waals surface area contributed by atoms with Crippen molar-refractivity contribution in [1.29, 1.82) is 0 Å². The molecule has 0 fully saturated rings. The summed E-state index contributed by atoms with van der Waals surface area (Å²) >= 11 is 13.6. The molecule has 1 N–H and O–H groups in total. The van der Waals surface area contributed by atoms with Gasteiger partial charge in [0, 0.05) is 15.5 Å². The van der Waals surface area contributed by atoms with E-state index in [0.717, 1.165) is 10.6 Å². The van der Waals surface area contributed by atoms with Crippen LogP contribution in [0.2, 0.25) is 10.0 Å². The summed E-state index contributed by atoms with van der Waals surface area (Å²) in [6, 6.07) is 16.0. The number of amides is 1. The average molecular weight is 378 g/mol. The van der Waals surface area contributed by atoms with Crippen LogP contribution in [-0.4, -0.2) is 12.2 Å². The largest absolute Gasteiger partial charge is 0.451 e. The minimum absolute atomic E-state index is 0.215. The number of hydrogen-bond donors (Lipinski definition) is 1. The molecule has 122 valence electrons. The number of anilines is 1. The molecule has 0 radical (unpaired) electrons. The molecule has 0 saturated carbocycles. The molecule has 0 bridgehead atoms. The van der Waals surface area contributed by atoms with Gasteiger partial charge in [-0.15, -0.1) is 11.8 Å². The van der Waals surface area contributed by atoms with E-state index in [1.807, 2.05) is 30.5 Å². The number of carbonyl (C=O) groups excluding carboxylic acids is 1. The third-order valence-electron chi connectivity index (χ3n) is 3.38. The molecular formula is C18H13Cl2NO2S. The van der Waals surface area contributed by atoms with E-state index in [4.69, 9.17) is 27.6 Å². The van der Waals surface area contributed by atoms with Gasteiger partial charge in [-0.1, -0.05) is 35.3 Å². The van der Waals surface area contributed by atoms with Crippen molar-refractivity contribution in [3.8, 4) is 11.3 Å². The van der Waals surface area contributed by atoms with E-state index in [0.29, 0.717) is 21.4 Å². The summed E-state index contributed by atoms with van der Waals surface area (Å²) in [5.74, 6) is 0.416. The summed E-state index contributed by atoms with van der Waals surface area (Å²) in [5.41, 5.74) is 1.43. The highest BCUT2D eigenvalue weighted by atomic mass is 35.5. The van der Waals surface area contributed by atoms with Gasteiger partial charge in [-0.05, 0) is 48.7 Å². The number of nitrogens with one attached hydrogen (secondary N) is 1. The standard InChI is InChI=1S/C18H13Cl2NO2S/c1-24-17-5-3-2-4-14(17)21-18(22)16-9-8-15(23-16)12-7-6-11(19)10-13(12)20/h2-10H,1H3,(H,21,22). The van der Waals surface area contributed by atoms with Crippen LogP contribution in [0.1, 0.15) is 10.6 Å². The Morgan fingerprint density at radius 1 is 1.08 bits per heavy atom. The lowest BCUT2D eigenvalue weighted by molar-refractivity contribution is 0.0997. The maximum Gasteiger partial charge on any atom is 0.291 e. The number of thioether (sulfide) groups is 1. The van der Waals surface area contributed by atoms with Crippen LogP contribution >= 0.6 is 35.0 Å². The van der Waals surface area contributed by atoms with Crippen molar-refractivity contribution < 1.29 is 9.21 Å². The van der Waals surface area contributed by atoms with E-state index in [1.54, 1.807) is 42.1 Å². The first-order valence-corrected chi connectivity index (χ1v) is 9.06. The van der Waals surface area contributed by atoms with E-state index >= 15 is 0 Å². The van der Waals surface area contributed by atoms with Crippen LogP contribution in [0.15, 0.2) is 63.9 Å². The fraction of sp³-hybridized carbons (Fsp3) is 0.0556. The van der Waals surface area contributed by atoms with E-state index < -0.39 is 0 Å². The highest BCUT2D eigenvalue weighted by molar-refractivity contribution is 7.98. The van der Waals surface area contributed by atoms with Crippen molar-refractivity contribution in [3.63, 3.8) is 0 Å². The molecule has 6 heteroatoms. The van der Waals surface area contributed by atoms with Crippen LogP contribution in [-0.2, 0) is 0 Å². The molecule has 24 heavy (non-hydrogen) atoms. The van der Waals surface area contributed by atoms with Crippen molar-refractivity contribution in [2.75, 3.05) is 11.6 Å². The zero-order chi connectivity index (χ0) is 17.1. The van der Waals surface area contributed by atoms with Crippen LogP contribution in [0.3, 0.4) is 0 Å². The van der Waals surface area contributed by atoms with E-state index in [1.165, 1.54) is 0 Å². The molecule has 1 aromatic heterocycles. The Labute approximate surface area is 154 Å². The first-order valence-electron chi connectivity index (χ1n) is 7.08. The van der Waals surface area contributed by atoms with Crippen LogP contribution < -0.4 is 5.32 Å². The summed E-state index contributed by atoms with van der Waals surface area (Å²) in [5, 5.41) is 3.87.